The molecule has 1 aliphatic carbocycles. The lowest BCUT2D eigenvalue weighted by Crippen LogP contribution is -2.63. The smallest absolute Gasteiger partial charge is 0.137 e. The standard InChI is InChI=1S/C28H35FN2O3/c1-4-34-21-7-5-6-19(14-21)22-15-20-8-11-28(2,3)26(23(20)16-24(22)29)31(27(32)33)25-17-30-12-9-18(25)10-13-30/h5-7,14-16,18,25-26H,4,8-13,17H2,1-3H3,(H,32,33)/p-1/t25-,26+/m1/s1. The number of amides is 1. The third-order valence-corrected chi connectivity index (χ3v) is 8.23. The van der Waals surface area contributed by atoms with E-state index in [1.165, 1.54) is 0 Å². The van der Waals surface area contributed by atoms with Crippen LogP contribution in [0, 0.1) is 17.2 Å². The van der Waals surface area contributed by atoms with Gasteiger partial charge in [0.2, 0.25) is 0 Å². The Labute approximate surface area is 201 Å². The van der Waals surface area contributed by atoms with Gasteiger partial charge in [0, 0.05) is 18.2 Å². The summed E-state index contributed by atoms with van der Waals surface area (Å²) in [5.74, 6) is 0.721. The van der Waals surface area contributed by atoms with E-state index in [0.29, 0.717) is 23.8 Å². The topological polar surface area (TPSA) is 55.8 Å². The molecule has 0 aromatic heterocycles. The van der Waals surface area contributed by atoms with E-state index >= 15 is 4.39 Å². The second kappa shape index (κ2) is 8.88. The van der Waals surface area contributed by atoms with Crippen molar-refractivity contribution in [2.24, 2.45) is 11.3 Å². The number of fused-ring (bicyclic) bond motifs is 4. The monoisotopic (exact) mass is 465 g/mol. The van der Waals surface area contributed by atoms with Gasteiger partial charge in [-0.15, -0.1) is 0 Å². The Morgan fingerprint density at radius 3 is 2.65 bits per heavy atom. The van der Waals surface area contributed by atoms with E-state index in [-0.39, 0.29) is 17.3 Å². The number of hydrogen-bond acceptors (Lipinski definition) is 4. The zero-order chi connectivity index (χ0) is 24.0. The van der Waals surface area contributed by atoms with Crippen molar-refractivity contribution in [2.75, 3.05) is 26.2 Å². The second-order valence-corrected chi connectivity index (χ2v) is 10.8. The molecule has 2 aromatic rings. The first-order chi connectivity index (χ1) is 16.3. The lowest BCUT2D eigenvalue weighted by atomic mass is 9.68. The number of halogens is 1. The lowest BCUT2D eigenvalue weighted by molar-refractivity contribution is -0.277. The first kappa shape index (κ1) is 23.2. The fraction of sp³-hybridized carbons (Fsp3) is 0.536. The van der Waals surface area contributed by atoms with Crippen LogP contribution >= 0.6 is 0 Å². The Balaban J connectivity index is 1.57. The van der Waals surface area contributed by atoms with Crippen molar-refractivity contribution in [2.45, 2.75) is 58.5 Å². The summed E-state index contributed by atoms with van der Waals surface area (Å²) in [5, 5.41) is 12.6. The highest BCUT2D eigenvalue weighted by atomic mass is 19.1. The third-order valence-electron chi connectivity index (χ3n) is 8.23. The predicted molar refractivity (Wildman–Crippen MR) is 128 cm³/mol. The number of benzene rings is 2. The number of carbonyl (C=O) groups excluding carboxylic acids is 1. The normalized spacial score (nSPS) is 27.2. The van der Waals surface area contributed by atoms with Gasteiger partial charge in [0.05, 0.1) is 12.6 Å². The van der Waals surface area contributed by atoms with Gasteiger partial charge < -0.3 is 24.4 Å². The van der Waals surface area contributed by atoms with Crippen LogP contribution in [0.2, 0.25) is 0 Å². The van der Waals surface area contributed by atoms with E-state index in [1.807, 2.05) is 37.3 Å². The number of aryl methyl sites for hydroxylation is 1. The number of ether oxygens (including phenoxy) is 1. The van der Waals surface area contributed by atoms with E-state index in [1.54, 1.807) is 11.0 Å². The van der Waals surface area contributed by atoms with Crippen molar-refractivity contribution in [3.8, 4) is 16.9 Å². The molecule has 1 amide bonds. The molecule has 3 aliphatic heterocycles. The zero-order valence-corrected chi connectivity index (χ0v) is 20.4. The summed E-state index contributed by atoms with van der Waals surface area (Å²) in [5.41, 5.74) is 2.79. The zero-order valence-electron chi connectivity index (χ0n) is 20.4. The number of rotatable bonds is 5. The number of hydrogen-bond donors (Lipinski definition) is 0. The first-order valence-electron chi connectivity index (χ1n) is 12.6. The molecule has 2 atom stereocenters. The molecule has 2 bridgehead atoms. The lowest BCUT2D eigenvalue weighted by Gasteiger charge is -2.56. The quantitative estimate of drug-likeness (QED) is 0.645. The van der Waals surface area contributed by atoms with Crippen molar-refractivity contribution < 1.29 is 19.0 Å². The van der Waals surface area contributed by atoms with Crippen LogP contribution < -0.4 is 9.84 Å². The molecular formula is C28H34FN2O3-. The van der Waals surface area contributed by atoms with Crippen LogP contribution in [0.25, 0.3) is 11.1 Å². The highest BCUT2D eigenvalue weighted by molar-refractivity contribution is 5.69. The largest absolute Gasteiger partial charge is 0.530 e. The Kier molecular flexibility index (Phi) is 6.05. The molecule has 0 radical (unpaired) electrons. The van der Waals surface area contributed by atoms with Crippen molar-refractivity contribution in [3.05, 3.63) is 53.3 Å². The molecule has 0 N–H and O–H groups in total. The van der Waals surface area contributed by atoms with Gasteiger partial charge in [-0.3, -0.25) is 0 Å². The third kappa shape index (κ3) is 4.06. The van der Waals surface area contributed by atoms with Crippen LogP contribution in [0.3, 0.4) is 0 Å². The maximum Gasteiger partial charge on any atom is 0.137 e. The van der Waals surface area contributed by atoms with Crippen LogP contribution in [0.1, 0.15) is 57.2 Å². The SMILES string of the molecule is CCOc1cccc(-c2cc3c(cc2F)[C@H](N(C(=O)[O-])[C@@H]2CN4CCC2CC4)C(C)(C)CC3)c1. The molecule has 0 unspecified atom stereocenters. The minimum Gasteiger partial charge on any atom is -0.530 e. The van der Waals surface area contributed by atoms with Gasteiger partial charge in [0.15, 0.2) is 0 Å². The molecule has 0 saturated carbocycles. The van der Waals surface area contributed by atoms with Crippen molar-refractivity contribution in [1.29, 1.82) is 0 Å². The summed E-state index contributed by atoms with van der Waals surface area (Å²) in [6.45, 7) is 9.49. The molecule has 3 heterocycles. The fourth-order valence-electron chi connectivity index (χ4n) is 6.47. The van der Waals surface area contributed by atoms with Crippen molar-refractivity contribution >= 4 is 6.09 Å². The van der Waals surface area contributed by atoms with Gasteiger partial charge in [0.1, 0.15) is 17.7 Å². The van der Waals surface area contributed by atoms with Crippen LogP contribution in [-0.2, 0) is 6.42 Å². The summed E-state index contributed by atoms with van der Waals surface area (Å²) in [4.78, 5) is 16.6. The summed E-state index contributed by atoms with van der Waals surface area (Å²) < 4.78 is 21.2. The minimum atomic E-state index is -1.14. The minimum absolute atomic E-state index is 0.103. The van der Waals surface area contributed by atoms with Crippen molar-refractivity contribution in [3.63, 3.8) is 0 Å². The van der Waals surface area contributed by atoms with Crippen LogP contribution in [-0.4, -0.2) is 48.2 Å². The first-order valence-corrected chi connectivity index (χ1v) is 12.6. The molecule has 5 nitrogen and oxygen atoms in total. The maximum atomic E-state index is 15.6. The highest BCUT2D eigenvalue weighted by Crippen LogP contribution is 2.50. The predicted octanol–water partition coefficient (Wildman–Crippen LogP) is 4.64. The Morgan fingerprint density at radius 2 is 2.00 bits per heavy atom. The Morgan fingerprint density at radius 1 is 1.24 bits per heavy atom. The van der Waals surface area contributed by atoms with Gasteiger partial charge in [-0.25, -0.2) is 4.39 Å². The molecule has 6 heteroatoms. The van der Waals surface area contributed by atoms with E-state index < -0.39 is 12.1 Å². The molecule has 3 fully saturated rings. The van der Waals surface area contributed by atoms with Gasteiger partial charge in [0.25, 0.3) is 0 Å². The van der Waals surface area contributed by atoms with Gasteiger partial charge in [-0.05, 0) is 98.0 Å². The second-order valence-electron chi connectivity index (χ2n) is 10.8. The fourth-order valence-corrected chi connectivity index (χ4v) is 6.47. The molecule has 6 rings (SSSR count). The maximum absolute atomic E-state index is 15.6. The summed E-state index contributed by atoms with van der Waals surface area (Å²) >= 11 is 0. The molecule has 2 aromatic carbocycles. The molecule has 3 saturated heterocycles. The van der Waals surface area contributed by atoms with Gasteiger partial charge in [-0.2, -0.15) is 0 Å². The molecule has 4 aliphatic rings. The van der Waals surface area contributed by atoms with E-state index in [2.05, 4.69) is 18.7 Å². The van der Waals surface area contributed by atoms with Crippen molar-refractivity contribution in [1.82, 2.24) is 9.80 Å². The van der Waals surface area contributed by atoms with Gasteiger partial charge in [-0.1, -0.05) is 26.0 Å². The Hall–Kier alpha value is -2.60. The average Bonchev–Trinajstić information content (AvgIpc) is 2.81. The number of piperidine rings is 3. The van der Waals surface area contributed by atoms with E-state index in [4.69, 9.17) is 4.74 Å². The van der Waals surface area contributed by atoms with Crippen LogP contribution in [0.15, 0.2) is 36.4 Å². The van der Waals surface area contributed by atoms with E-state index in [0.717, 1.165) is 62.0 Å². The van der Waals surface area contributed by atoms with Crippen LogP contribution in [0.5, 0.6) is 5.75 Å². The van der Waals surface area contributed by atoms with Gasteiger partial charge >= 0.3 is 0 Å². The summed E-state index contributed by atoms with van der Waals surface area (Å²) in [6.07, 6.45) is 2.51. The summed E-state index contributed by atoms with van der Waals surface area (Å²) in [6, 6.07) is 10.5. The Bertz CT molecular complexity index is 1080. The van der Waals surface area contributed by atoms with Crippen LogP contribution in [0.4, 0.5) is 9.18 Å². The number of carboxylic acid groups (broad SMARTS) is 1. The number of carbonyl (C=O) groups is 1. The molecule has 182 valence electrons. The average molecular weight is 466 g/mol. The molecular weight excluding hydrogens is 431 g/mol. The molecule has 34 heavy (non-hydrogen) atoms. The molecule has 0 spiro atoms. The van der Waals surface area contributed by atoms with E-state index in [9.17, 15) is 9.90 Å². The summed E-state index contributed by atoms with van der Waals surface area (Å²) in [7, 11) is 0. The number of nitrogens with zero attached hydrogens (tertiary/aromatic N) is 2. The highest BCUT2D eigenvalue weighted by Gasteiger charge is 2.46.